The van der Waals surface area contributed by atoms with Crippen molar-refractivity contribution in [3.8, 4) is 0 Å². The summed E-state index contributed by atoms with van der Waals surface area (Å²) in [7, 11) is 1.88. The Morgan fingerprint density at radius 1 is 1.57 bits per heavy atom. The van der Waals surface area contributed by atoms with Crippen LogP contribution in [-0.4, -0.2) is 14.5 Å². The molecule has 0 fully saturated rings. The van der Waals surface area contributed by atoms with Gasteiger partial charge in [-0.1, -0.05) is 0 Å². The van der Waals surface area contributed by atoms with Crippen molar-refractivity contribution in [2.24, 2.45) is 7.05 Å². The zero-order valence-corrected chi connectivity index (χ0v) is 8.26. The summed E-state index contributed by atoms with van der Waals surface area (Å²) in [5, 5.41) is 2.01. The third-order valence-corrected chi connectivity index (χ3v) is 3.30. The van der Waals surface area contributed by atoms with Gasteiger partial charge in [0, 0.05) is 7.05 Å². The predicted octanol–water partition coefficient (Wildman–Crippen LogP) is 1.48. The molecule has 1 N–H and O–H groups in total. The maximum Gasteiger partial charge on any atom is 0.275 e. The Labute approximate surface area is 82.8 Å². The molecule has 70 valence electrons. The van der Waals surface area contributed by atoms with Crippen molar-refractivity contribution >= 4 is 32.6 Å². The van der Waals surface area contributed by atoms with Crippen molar-refractivity contribution in [3.05, 3.63) is 28.1 Å². The quantitative estimate of drug-likeness (QED) is 0.604. The van der Waals surface area contributed by atoms with Gasteiger partial charge in [0.1, 0.15) is 11.0 Å². The van der Waals surface area contributed by atoms with Crippen LogP contribution in [0.15, 0.2) is 22.6 Å². The summed E-state index contributed by atoms with van der Waals surface area (Å²) in [6.07, 6.45) is 1.45. The minimum Gasteiger partial charge on any atom is -0.337 e. The molecule has 0 saturated carbocycles. The fourth-order valence-electron chi connectivity index (χ4n) is 1.73. The Morgan fingerprint density at radius 3 is 3.29 bits per heavy atom. The number of aromatic amines is 1. The van der Waals surface area contributed by atoms with E-state index in [4.69, 9.17) is 0 Å². The predicted molar refractivity (Wildman–Crippen MR) is 56.7 cm³/mol. The SMILES string of the molecule is Cn1c2ccsc2c2nc[nH]c(=O)c21. The number of H-pyrrole nitrogens is 1. The molecular formula is C9H7N3OS. The molecule has 0 aliphatic heterocycles. The first-order chi connectivity index (χ1) is 6.79. The molecule has 14 heavy (non-hydrogen) atoms. The lowest BCUT2D eigenvalue weighted by Gasteiger charge is -1.93. The van der Waals surface area contributed by atoms with Gasteiger partial charge in [-0.05, 0) is 11.4 Å². The van der Waals surface area contributed by atoms with Crippen LogP contribution in [0.3, 0.4) is 0 Å². The minimum atomic E-state index is -0.0825. The Balaban J connectivity index is 2.78. The number of fused-ring (bicyclic) bond motifs is 3. The van der Waals surface area contributed by atoms with Crippen molar-refractivity contribution in [3.63, 3.8) is 0 Å². The highest BCUT2D eigenvalue weighted by Gasteiger charge is 2.12. The van der Waals surface area contributed by atoms with Crippen LogP contribution in [0.25, 0.3) is 21.3 Å². The molecule has 5 heteroatoms. The van der Waals surface area contributed by atoms with E-state index in [0.29, 0.717) is 5.52 Å². The zero-order valence-electron chi connectivity index (χ0n) is 7.44. The number of rotatable bonds is 0. The van der Waals surface area contributed by atoms with Crippen LogP contribution in [0.5, 0.6) is 0 Å². The first-order valence-electron chi connectivity index (χ1n) is 4.18. The summed E-state index contributed by atoms with van der Waals surface area (Å²) in [6, 6.07) is 2.00. The van der Waals surface area contributed by atoms with Gasteiger partial charge in [0.25, 0.3) is 5.56 Å². The van der Waals surface area contributed by atoms with Crippen molar-refractivity contribution in [2.75, 3.05) is 0 Å². The van der Waals surface area contributed by atoms with Crippen LogP contribution in [0.1, 0.15) is 0 Å². The second kappa shape index (κ2) is 2.45. The normalized spacial score (nSPS) is 11.5. The lowest BCUT2D eigenvalue weighted by atomic mass is 10.4. The van der Waals surface area contributed by atoms with Crippen LogP contribution in [0.4, 0.5) is 0 Å². The van der Waals surface area contributed by atoms with Gasteiger partial charge in [0.2, 0.25) is 0 Å². The van der Waals surface area contributed by atoms with E-state index >= 15 is 0 Å². The summed E-state index contributed by atoms with van der Waals surface area (Å²) in [4.78, 5) is 18.3. The van der Waals surface area contributed by atoms with Gasteiger partial charge in [0.15, 0.2) is 0 Å². The summed E-state index contributed by atoms with van der Waals surface area (Å²) in [5.41, 5.74) is 2.42. The van der Waals surface area contributed by atoms with Gasteiger partial charge in [0.05, 0.1) is 16.5 Å². The number of nitrogens with one attached hydrogen (secondary N) is 1. The molecule has 3 aromatic rings. The van der Waals surface area contributed by atoms with E-state index in [1.807, 2.05) is 23.1 Å². The van der Waals surface area contributed by atoms with Crippen LogP contribution in [0, 0.1) is 0 Å². The van der Waals surface area contributed by atoms with Crippen molar-refractivity contribution in [2.45, 2.75) is 0 Å². The van der Waals surface area contributed by atoms with Gasteiger partial charge >= 0.3 is 0 Å². The van der Waals surface area contributed by atoms with E-state index in [1.165, 1.54) is 6.33 Å². The van der Waals surface area contributed by atoms with Crippen molar-refractivity contribution in [1.29, 1.82) is 0 Å². The maximum absolute atomic E-state index is 11.6. The van der Waals surface area contributed by atoms with E-state index in [-0.39, 0.29) is 5.56 Å². The van der Waals surface area contributed by atoms with Gasteiger partial charge < -0.3 is 9.55 Å². The molecule has 0 bridgehead atoms. The third kappa shape index (κ3) is 0.773. The number of thiophene rings is 1. The molecule has 0 atom stereocenters. The summed E-state index contributed by atoms with van der Waals surface area (Å²) in [6.45, 7) is 0. The van der Waals surface area contributed by atoms with Crippen LogP contribution < -0.4 is 5.56 Å². The summed E-state index contributed by atoms with van der Waals surface area (Å²) < 4.78 is 2.96. The molecule has 3 aromatic heterocycles. The van der Waals surface area contributed by atoms with Crippen molar-refractivity contribution in [1.82, 2.24) is 14.5 Å². The Bertz CT molecular complexity index is 676. The monoisotopic (exact) mass is 205 g/mol. The minimum absolute atomic E-state index is 0.0825. The lowest BCUT2D eigenvalue weighted by Crippen LogP contribution is -2.09. The summed E-state index contributed by atoms with van der Waals surface area (Å²) in [5.74, 6) is 0. The molecule has 4 nitrogen and oxygen atoms in total. The molecular weight excluding hydrogens is 198 g/mol. The number of hydrogen-bond donors (Lipinski definition) is 1. The first kappa shape index (κ1) is 7.75. The highest BCUT2D eigenvalue weighted by atomic mass is 32.1. The van der Waals surface area contributed by atoms with Crippen LogP contribution in [-0.2, 0) is 7.05 Å². The fraction of sp³-hybridized carbons (Fsp3) is 0.111. The van der Waals surface area contributed by atoms with Crippen LogP contribution >= 0.6 is 11.3 Å². The molecule has 0 aromatic carbocycles. The second-order valence-electron chi connectivity index (χ2n) is 3.12. The van der Waals surface area contributed by atoms with E-state index < -0.39 is 0 Å². The molecule has 0 aliphatic carbocycles. The second-order valence-corrected chi connectivity index (χ2v) is 4.04. The Morgan fingerprint density at radius 2 is 2.43 bits per heavy atom. The maximum atomic E-state index is 11.6. The molecule has 0 spiro atoms. The number of aromatic nitrogens is 3. The smallest absolute Gasteiger partial charge is 0.275 e. The van der Waals surface area contributed by atoms with E-state index in [9.17, 15) is 4.79 Å². The third-order valence-electron chi connectivity index (χ3n) is 2.38. The van der Waals surface area contributed by atoms with Crippen molar-refractivity contribution < 1.29 is 0 Å². The summed E-state index contributed by atoms with van der Waals surface area (Å²) >= 11 is 1.61. The molecule has 0 radical (unpaired) electrons. The molecule has 3 rings (SSSR count). The Hall–Kier alpha value is -1.62. The Kier molecular flexibility index (Phi) is 1.36. The van der Waals surface area contributed by atoms with Gasteiger partial charge in [-0.2, -0.15) is 0 Å². The van der Waals surface area contributed by atoms with E-state index in [2.05, 4.69) is 9.97 Å². The molecule has 0 unspecified atom stereocenters. The lowest BCUT2D eigenvalue weighted by molar-refractivity contribution is 0.993. The van der Waals surface area contributed by atoms with Crippen LogP contribution in [0.2, 0.25) is 0 Å². The fourth-order valence-corrected chi connectivity index (χ4v) is 2.65. The standard InChI is InChI=1S/C9H7N3OS/c1-12-5-2-3-14-8(5)6-7(12)9(13)11-4-10-6/h2-4H,1H3,(H,10,11,13). The van der Waals surface area contributed by atoms with E-state index in [1.54, 1.807) is 11.3 Å². The topological polar surface area (TPSA) is 50.7 Å². The largest absolute Gasteiger partial charge is 0.337 e. The highest BCUT2D eigenvalue weighted by molar-refractivity contribution is 7.18. The molecule has 0 aliphatic rings. The van der Waals surface area contributed by atoms with Gasteiger partial charge in [-0.3, -0.25) is 4.79 Å². The first-order valence-corrected chi connectivity index (χ1v) is 5.06. The zero-order chi connectivity index (χ0) is 9.71. The van der Waals surface area contributed by atoms with Gasteiger partial charge in [-0.25, -0.2) is 4.98 Å². The highest BCUT2D eigenvalue weighted by Crippen LogP contribution is 2.28. The average molecular weight is 205 g/mol. The average Bonchev–Trinajstić information content (AvgIpc) is 2.71. The molecule has 3 heterocycles. The van der Waals surface area contributed by atoms with E-state index in [0.717, 1.165) is 15.7 Å². The number of nitrogens with zero attached hydrogens (tertiary/aromatic N) is 2. The van der Waals surface area contributed by atoms with Gasteiger partial charge in [-0.15, -0.1) is 11.3 Å². The molecule has 0 saturated heterocycles. The number of aryl methyl sites for hydroxylation is 1. The molecule has 0 amide bonds. The number of hydrogen-bond acceptors (Lipinski definition) is 3.